The lowest BCUT2D eigenvalue weighted by molar-refractivity contribution is -0.384. The average molecular weight is 250 g/mol. The molecule has 1 saturated carbocycles. The highest BCUT2D eigenvalue weighted by atomic mass is 16.6. The van der Waals surface area contributed by atoms with Crippen molar-refractivity contribution in [2.75, 3.05) is 5.32 Å². The fourth-order valence-electron chi connectivity index (χ4n) is 2.31. The van der Waals surface area contributed by atoms with Gasteiger partial charge < -0.3 is 10.4 Å². The second kappa shape index (κ2) is 4.24. The summed E-state index contributed by atoms with van der Waals surface area (Å²) in [6, 6.07) is 5.08. The maximum absolute atomic E-state index is 11.0. The van der Waals surface area contributed by atoms with Gasteiger partial charge >= 0.3 is 0 Å². The number of nitrogens with one attached hydrogen (secondary N) is 1. The normalized spacial score (nSPS) is 25.3. The van der Waals surface area contributed by atoms with E-state index in [1.807, 2.05) is 26.8 Å². The molecule has 2 N–H and O–H groups in total. The van der Waals surface area contributed by atoms with Crippen LogP contribution in [0.4, 0.5) is 11.4 Å². The molecular weight excluding hydrogens is 232 g/mol. The van der Waals surface area contributed by atoms with Gasteiger partial charge in [0.15, 0.2) is 0 Å². The van der Waals surface area contributed by atoms with Gasteiger partial charge in [0, 0.05) is 17.5 Å². The van der Waals surface area contributed by atoms with Crippen LogP contribution in [0.25, 0.3) is 0 Å². The molecule has 98 valence electrons. The van der Waals surface area contributed by atoms with Gasteiger partial charge in [0.2, 0.25) is 0 Å². The first-order valence-corrected chi connectivity index (χ1v) is 6.02. The number of anilines is 1. The van der Waals surface area contributed by atoms with Crippen LogP contribution in [0.3, 0.4) is 0 Å². The molecule has 1 aliphatic rings. The highest BCUT2D eigenvalue weighted by Gasteiger charge is 2.47. The van der Waals surface area contributed by atoms with Crippen LogP contribution in [0, 0.1) is 22.5 Å². The minimum absolute atomic E-state index is 0.0623. The number of nitro benzene ring substituents is 1. The number of rotatable bonds is 3. The number of hydrogen-bond donors (Lipinski definition) is 2. The largest absolute Gasteiger partial charge is 0.392 e. The number of aliphatic hydroxyl groups excluding tert-OH is 1. The summed E-state index contributed by atoms with van der Waals surface area (Å²) >= 11 is 0. The maximum Gasteiger partial charge on any atom is 0.292 e. The van der Waals surface area contributed by atoms with Crippen molar-refractivity contribution in [3.05, 3.63) is 33.9 Å². The van der Waals surface area contributed by atoms with E-state index in [9.17, 15) is 15.2 Å². The summed E-state index contributed by atoms with van der Waals surface area (Å²) in [6.45, 7) is 5.77. The smallest absolute Gasteiger partial charge is 0.292 e. The number of benzene rings is 1. The Bertz CT molecular complexity index is 485. The van der Waals surface area contributed by atoms with Crippen molar-refractivity contribution in [1.82, 2.24) is 0 Å². The fraction of sp³-hybridized carbons (Fsp3) is 0.538. The minimum atomic E-state index is -0.378. The summed E-state index contributed by atoms with van der Waals surface area (Å²) in [5, 5.41) is 23.9. The first-order chi connectivity index (χ1) is 8.34. The van der Waals surface area contributed by atoms with Gasteiger partial charge in [-0.25, -0.2) is 0 Å². The number of hydrogen-bond acceptors (Lipinski definition) is 4. The number of para-hydroxylation sites is 1. The lowest BCUT2D eigenvalue weighted by atomic mass is 9.64. The maximum atomic E-state index is 11.0. The van der Waals surface area contributed by atoms with E-state index in [2.05, 4.69) is 5.32 Å². The Morgan fingerprint density at radius 1 is 1.50 bits per heavy atom. The first-order valence-electron chi connectivity index (χ1n) is 6.02. The monoisotopic (exact) mass is 250 g/mol. The Balaban J connectivity index is 2.27. The molecule has 0 heterocycles. The summed E-state index contributed by atoms with van der Waals surface area (Å²) in [4.78, 5) is 10.6. The number of aryl methyl sites for hydroxylation is 1. The molecule has 18 heavy (non-hydrogen) atoms. The van der Waals surface area contributed by atoms with E-state index < -0.39 is 0 Å². The van der Waals surface area contributed by atoms with Crippen molar-refractivity contribution < 1.29 is 10.0 Å². The van der Waals surface area contributed by atoms with E-state index in [4.69, 9.17) is 0 Å². The van der Waals surface area contributed by atoms with Crippen molar-refractivity contribution in [2.45, 2.75) is 39.3 Å². The Morgan fingerprint density at radius 2 is 2.17 bits per heavy atom. The van der Waals surface area contributed by atoms with Gasteiger partial charge in [-0.3, -0.25) is 10.1 Å². The lowest BCUT2D eigenvalue weighted by Gasteiger charge is -2.49. The molecule has 0 amide bonds. The van der Waals surface area contributed by atoms with Gasteiger partial charge in [-0.15, -0.1) is 0 Å². The van der Waals surface area contributed by atoms with Crippen LogP contribution in [-0.2, 0) is 0 Å². The van der Waals surface area contributed by atoms with Crippen LogP contribution in [-0.4, -0.2) is 22.2 Å². The van der Waals surface area contributed by atoms with Crippen LogP contribution >= 0.6 is 0 Å². The van der Waals surface area contributed by atoms with Crippen LogP contribution in [0.2, 0.25) is 0 Å². The van der Waals surface area contributed by atoms with Gasteiger partial charge in [-0.1, -0.05) is 26.0 Å². The Kier molecular flexibility index (Phi) is 3.02. The zero-order valence-corrected chi connectivity index (χ0v) is 10.8. The summed E-state index contributed by atoms with van der Waals surface area (Å²) in [5.41, 5.74) is 1.25. The van der Waals surface area contributed by atoms with Crippen LogP contribution < -0.4 is 5.32 Å². The molecule has 2 unspecified atom stereocenters. The van der Waals surface area contributed by atoms with Gasteiger partial charge in [-0.05, 0) is 18.9 Å². The molecule has 1 aliphatic carbocycles. The van der Waals surface area contributed by atoms with E-state index in [1.165, 1.54) is 6.07 Å². The van der Waals surface area contributed by atoms with Gasteiger partial charge in [-0.2, -0.15) is 0 Å². The van der Waals surface area contributed by atoms with Gasteiger partial charge in [0.25, 0.3) is 5.69 Å². The second-order valence-electron chi connectivity index (χ2n) is 5.50. The summed E-state index contributed by atoms with van der Waals surface area (Å²) in [6.07, 6.45) is 0.274. The minimum Gasteiger partial charge on any atom is -0.392 e. The van der Waals surface area contributed by atoms with E-state index in [0.29, 0.717) is 12.1 Å². The molecule has 0 spiro atoms. The van der Waals surface area contributed by atoms with Crippen molar-refractivity contribution in [2.24, 2.45) is 5.41 Å². The Morgan fingerprint density at radius 3 is 2.67 bits per heavy atom. The van der Waals surface area contributed by atoms with Gasteiger partial charge in [0.05, 0.1) is 11.0 Å². The Hall–Kier alpha value is -1.62. The highest BCUT2D eigenvalue weighted by molar-refractivity contribution is 5.66. The molecule has 1 fully saturated rings. The van der Waals surface area contributed by atoms with Crippen molar-refractivity contribution in [3.8, 4) is 0 Å². The Labute approximate surface area is 106 Å². The van der Waals surface area contributed by atoms with Gasteiger partial charge in [0.1, 0.15) is 5.69 Å². The molecule has 0 saturated heterocycles. The SMILES string of the molecule is Cc1cccc([N+](=O)[O-])c1NC1CC(O)C1(C)C. The molecule has 0 bridgehead atoms. The molecule has 0 aliphatic heterocycles. The lowest BCUT2D eigenvalue weighted by Crippen LogP contribution is -2.57. The van der Waals surface area contributed by atoms with Crippen LogP contribution in [0.1, 0.15) is 25.8 Å². The molecule has 2 rings (SSSR count). The summed E-state index contributed by atoms with van der Waals surface area (Å²) in [7, 11) is 0. The number of nitrogens with zero attached hydrogens (tertiary/aromatic N) is 1. The molecule has 5 heteroatoms. The third-order valence-corrected chi connectivity index (χ3v) is 3.98. The third-order valence-electron chi connectivity index (χ3n) is 3.98. The molecular formula is C13H18N2O3. The van der Waals surface area contributed by atoms with E-state index in [-0.39, 0.29) is 28.2 Å². The number of nitro groups is 1. The predicted octanol–water partition coefficient (Wildman–Crippen LogP) is 2.47. The fourth-order valence-corrected chi connectivity index (χ4v) is 2.31. The molecule has 2 atom stereocenters. The molecule has 0 radical (unpaired) electrons. The second-order valence-corrected chi connectivity index (χ2v) is 5.50. The molecule has 0 aromatic heterocycles. The third kappa shape index (κ3) is 1.95. The molecule has 5 nitrogen and oxygen atoms in total. The van der Waals surface area contributed by atoms with Crippen LogP contribution in [0.5, 0.6) is 0 Å². The van der Waals surface area contributed by atoms with Crippen molar-refractivity contribution in [1.29, 1.82) is 0 Å². The molecule has 1 aromatic rings. The zero-order valence-electron chi connectivity index (χ0n) is 10.8. The number of aliphatic hydroxyl groups is 1. The average Bonchev–Trinajstić information content (AvgIpc) is 2.30. The van der Waals surface area contributed by atoms with Crippen molar-refractivity contribution >= 4 is 11.4 Å². The topological polar surface area (TPSA) is 75.4 Å². The quantitative estimate of drug-likeness (QED) is 0.638. The zero-order chi connectivity index (χ0) is 13.5. The predicted molar refractivity (Wildman–Crippen MR) is 69.6 cm³/mol. The standard InChI is InChI=1S/C13H18N2O3/c1-8-5-4-6-9(15(17)18)12(8)14-10-7-11(16)13(10,2)3/h4-6,10-11,14,16H,7H2,1-3H3. The molecule has 1 aromatic carbocycles. The highest BCUT2D eigenvalue weighted by Crippen LogP contribution is 2.43. The van der Waals surface area contributed by atoms with Crippen molar-refractivity contribution in [3.63, 3.8) is 0 Å². The van der Waals surface area contributed by atoms with E-state index >= 15 is 0 Å². The summed E-state index contributed by atoms with van der Waals surface area (Å²) in [5.74, 6) is 0. The first kappa shape index (κ1) is 12.8. The van der Waals surface area contributed by atoms with E-state index in [1.54, 1.807) is 6.07 Å². The summed E-state index contributed by atoms with van der Waals surface area (Å²) < 4.78 is 0. The van der Waals surface area contributed by atoms with E-state index in [0.717, 1.165) is 5.56 Å². The van der Waals surface area contributed by atoms with Crippen LogP contribution in [0.15, 0.2) is 18.2 Å².